The highest BCUT2D eigenvalue weighted by molar-refractivity contribution is 5.61. The van der Waals surface area contributed by atoms with Crippen molar-refractivity contribution < 1.29 is 0 Å². The normalized spacial score (nSPS) is 11.2. The third kappa shape index (κ3) is 3.05. The summed E-state index contributed by atoms with van der Waals surface area (Å²) in [6.45, 7) is 6.23. The van der Waals surface area contributed by atoms with Crippen LogP contribution >= 0.6 is 0 Å². The van der Waals surface area contributed by atoms with Crippen molar-refractivity contribution >= 4 is 17.3 Å². The van der Waals surface area contributed by atoms with Crippen LogP contribution in [0.2, 0.25) is 0 Å². The fraction of sp³-hybridized carbons (Fsp3) is 0.333. The molecule has 1 heterocycles. The van der Waals surface area contributed by atoms with Crippen LogP contribution in [0.25, 0.3) is 0 Å². The molecule has 0 amide bonds. The summed E-state index contributed by atoms with van der Waals surface area (Å²) in [5, 5.41) is 0. The first-order valence-electron chi connectivity index (χ1n) is 6.57. The van der Waals surface area contributed by atoms with Gasteiger partial charge in [-0.3, -0.25) is 0 Å². The minimum absolute atomic E-state index is 0.140. The van der Waals surface area contributed by atoms with Gasteiger partial charge in [-0.25, -0.2) is 15.8 Å². The molecule has 106 valence electrons. The Morgan fingerprint density at radius 3 is 2.30 bits per heavy atom. The third-order valence-electron chi connectivity index (χ3n) is 3.02. The summed E-state index contributed by atoms with van der Waals surface area (Å²) in [4.78, 5) is 11.1. The Morgan fingerprint density at radius 1 is 1.10 bits per heavy atom. The third-order valence-corrected chi connectivity index (χ3v) is 3.02. The largest absolute Gasteiger partial charge is 0.329 e. The monoisotopic (exact) mass is 271 g/mol. The number of nitrogen functional groups attached to an aromatic ring is 1. The summed E-state index contributed by atoms with van der Waals surface area (Å²) in [5.41, 5.74) is 3.53. The van der Waals surface area contributed by atoms with Crippen molar-refractivity contribution in [3.05, 3.63) is 42.2 Å². The number of benzene rings is 1. The Bertz CT molecular complexity index is 575. The van der Waals surface area contributed by atoms with E-state index in [1.54, 1.807) is 0 Å². The topological polar surface area (TPSA) is 67.1 Å². The second-order valence-electron chi connectivity index (χ2n) is 5.72. The van der Waals surface area contributed by atoms with E-state index in [2.05, 4.69) is 36.2 Å². The first-order valence-corrected chi connectivity index (χ1v) is 6.57. The summed E-state index contributed by atoms with van der Waals surface area (Å²) in [6, 6.07) is 11.9. The Hall–Kier alpha value is -2.14. The molecule has 0 spiro atoms. The molecule has 0 fully saturated rings. The fourth-order valence-electron chi connectivity index (χ4n) is 1.80. The van der Waals surface area contributed by atoms with E-state index in [0.717, 1.165) is 17.3 Å². The molecule has 1 aromatic heterocycles. The fourth-order valence-corrected chi connectivity index (χ4v) is 1.80. The molecule has 0 unspecified atom stereocenters. The molecular weight excluding hydrogens is 250 g/mol. The number of anilines is 3. The second kappa shape index (κ2) is 5.46. The number of nitrogens with two attached hydrogens (primary N) is 1. The zero-order chi connectivity index (χ0) is 14.8. The smallest absolute Gasteiger partial charge is 0.145 e. The predicted octanol–water partition coefficient (Wildman–Crippen LogP) is 2.83. The lowest BCUT2D eigenvalue weighted by Crippen LogP contribution is -2.21. The molecule has 0 aliphatic rings. The van der Waals surface area contributed by atoms with E-state index in [1.807, 2.05) is 48.3 Å². The van der Waals surface area contributed by atoms with Crippen molar-refractivity contribution in [1.82, 2.24) is 9.97 Å². The van der Waals surface area contributed by atoms with Gasteiger partial charge in [-0.2, -0.15) is 0 Å². The van der Waals surface area contributed by atoms with Crippen LogP contribution in [0.3, 0.4) is 0 Å². The van der Waals surface area contributed by atoms with Gasteiger partial charge in [-0.15, -0.1) is 0 Å². The zero-order valence-electron chi connectivity index (χ0n) is 12.4. The number of para-hydroxylation sites is 1. The van der Waals surface area contributed by atoms with Crippen molar-refractivity contribution in [2.45, 2.75) is 26.2 Å². The Kier molecular flexibility index (Phi) is 3.90. The van der Waals surface area contributed by atoms with Crippen molar-refractivity contribution in [3.63, 3.8) is 0 Å². The van der Waals surface area contributed by atoms with Gasteiger partial charge in [0.1, 0.15) is 17.5 Å². The van der Waals surface area contributed by atoms with Gasteiger partial charge >= 0.3 is 0 Å². The van der Waals surface area contributed by atoms with Crippen molar-refractivity contribution in [1.29, 1.82) is 0 Å². The van der Waals surface area contributed by atoms with Crippen molar-refractivity contribution in [2.24, 2.45) is 5.84 Å². The summed E-state index contributed by atoms with van der Waals surface area (Å²) < 4.78 is 0. The van der Waals surface area contributed by atoms with Crippen LogP contribution in [-0.2, 0) is 5.41 Å². The van der Waals surface area contributed by atoms with Crippen molar-refractivity contribution in [3.8, 4) is 0 Å². The van der Waals surface area contributed by atoms with E-state index >= 15 is 0 Å². The predicted molar refractivity (Wildman–Crippen MR) is 83.0 cm³/mol. The van der Waals surface area contributed by atoms with Crippen LogP contribution in [0.5, 0.6) is 0 Å². The average molecular weight is 271 g/mol. The number of aromatic nitrogens is 2. The van der Waals surface area contributed by atoms with E-state index in [-0.39, 0.29) is 5.41 Å². The Balaban J connectivity index is 2.46. The van der Waals surface area contributed by atoms with E-state index in [1.165, 1.54) is 0 Å². The van der Waals surface area contributed by atoms with Crippen LogP contribution in [0.15, 0.2) is 36.4 Å². The maximum Gasteiger partial charge on any atom is 0.145 e. The lowest BCUT2D eigenvalue weighted by Gasteiger charge is -2.23. The van der Waals surface area contributed by atoms with E-state index in [0.29, 0.717) is 5.82 Å². The SMILES string of the molecule is CN(c1ccccc1)c1cc(NN)nc(C(C)(C)C)n1. The van der Waals surface area contributed by atoms with E-state index < -0.39 is 0 Å². The van der Waals surface area contributed by atoms with Gasteiger partial charge in [0, 0.05) is 24.2 Å². The summed E-state index contributed by atoms with van der Waals surface area (Å²) in [7, 11) is 1.98. The summed E-state index contributed by atoms with van der Waals surface area (Å²) in [6.07, 6.45) is 0. The average Bonchev–Trinajstić information content (AvgIpc) is 2.46. The lowest BCUT2D eigenvalue weighted by molar-refractivity contribution is 0.546. The van der Waals surface area contributed by atoms with Gasteiger partial charge in [0.05, 0.1) is 0 Å². The van der Waals surface area contributed by atoms with Crippen LogP contribution in [-0.4, -0.2) is 17.0 Å². The van der Waals surface area contributed by atoms with Gasteiger partial charge < -0.3 is 10.3 Å². The molecule has 2 aromatic rings. The number of hydrogen-bond donors (Lipinski definition) is 2. The molecule has 0 saturated carbocycles. The van der Waals surface area contributed by atoms with Crippen LogP contribution in [0, 0.1) is 0 Å². The molecule has 2 rings (SSSR count). The maximum atomic E-state index is 5.51. The van der Waals surface area contributed by atoms with Crippen LogP contribution in [0.4, 0.5) is 17.3 Å². The number of nitrogens with one attached hydrogen (secondary N) is 1. The molecule has 0 aliphatic heterocycles. The standard InChI is InChI=1S/C15H21N5/c1-15(2,3)14-17-12(19-16)10-13(18-14)20(4)11-8-6-5-7-9-11/h5-10H,16H2,1-4H3,(H,17,18,19). The minimum atomic E-state index is -0.140. The molecule has 0 aliphatic carbocycles. The molecule has 5 nitrogen and oxygen atoms in total. The molecule has 0 bridgehead atoms. The first kappa shape index (κ1) is 14.3. The molecule has 5 heteroatoms. The van der Waals surface area contributed by atoms with E-state index in [4.69, 9.17) is 5.84 Å². The highest BCUT2D eigenvalue weighted by atomic mass is 15.3. The first-order chi connectivity index (χ1) is 9.41. The summed E-state index contributed by atoms with van der Waals surface area (Å²) in [5.74, 6) is 7.69. The molecule has 0 saturated heterocycles. The maximum absolute atomic E-state index is 5.51. The van der Waals surface area contributed by atoms with Crippen LogP contribution in [0.1, 0.15) is 26.6 Å². The van der Waals surface area contributed by atoms with Gasteiger partial charge in [-0.1, -0.05) is 39.0 Å². The summed E-state index contributed by atoms with van der Waals surface area (Å²) >= 11 is 0. The Morgan fingerprint density at radius 2 is 1.75 bits per heavy atom. The van der Waals surface area contributed by atoms with Crippen LogP contribution < -0.4 is 16.2 Å². The quantitative estimate of drug-likeness (QED) is 0.663. The highest BCUT2D eigenvalue weighted by Crippen LogP contribution is 2.27. The molecule has 3 N–H and O–H groups in total. The molecule has 20 heavy (non-hydrogen) atoms. The van der Waals surface area contributed by atoms with Gasteiger partial charge in [0.2, 0.25) is 0 Å². The molecule has 0 radical (unpaired) electrons. The Labute approximate surface area is 119 Å². The lowest BCUT2D eigenvalue weighted by atomic mass is 9.96. The van der Waals surface area contributed by atoms with Gasteiger partial charge in [0.15, 0.2) is 0 Å². The number of hydrogen-bond acceptors (Lipinski definition) is 5. The highest BCUT2D eigenvalue weighted by Gasteiger charge is 2.20. The zero-order valence-corrected chi connectivity index (χ0v) is 12.4. The number of nitrogens with zero attached hydrogens (tertiary/aromatic N) is 3. The molecule has 0 atom stereocenters. The molecule has 1 aromatic carbocycles. The minimum Gasteiger partial charge on any atom is -0.329 e. The van der Waals surface area contributed by atoms with E-state index in [9.17, 15) is 0 Å². The van der Waals surface area contributed by atoms with Crippen molar-refractivity contribution in [2.75, 3.05) is 17.4 Å². The number of hydrazine groups is 1. The van der Waals surface area contributed by atoms with Gasteiger partial charge in [0.25, 0.3) is 0 Å². The molecular formula is C15H21N5. The number of rotatable bonds is 3. The van der Waals surface area contributed by atoms with Gasteiger partial charge in [-0.05, 0) is 12.1 Å². The second-order valence-corrected chi connectivity index (χ2v) is 5.72.